The Kier molecular flexibility index (Phi) is 6.58. The van der Waals surface area contributed by atoms with E-state index in [9.17, 15) is 9.18 Å². The molecule has 94 valence electrons. The molecule has 0 bridgehead atoms. The van der Waals surface area contributed by atoms with Gasteiger partial charge in [-0.1, -0.05) is 0 Å². The number of amides is 1. The summed E-state index contributed by atoms with van der Waals surface area (Å²) in [5.41, 5.74) is 0.475. The van der Waals surface area contributed by atoms with Crippen molar-refractivity contribution in [1.82, 2.24) is 5.32 Å². The molecule has 0 spiro atoms. The first-order valence-electron chi connectivity index (χ1n) is 5.37. The Balaban J connectivity index is 2.39. The zero-order valence-electron chi connectivity index (χ0n) is 9.63. The van der Waals surface area contributed by atoms with E-state index in [2.05, 4.69) is 27.5 Å². The summed E-state index contributed by atoms with van der Waals surface area (Å²) in [5.74, 6) is 0.592. The highest BCUT2D eigenvalue weighted by Gasteiger charge is 2.07. The van der Waals surface area contributed by atoms with E-state index in [1.807, 2.05) is 0 Å². The van der Waals surface area contributed by atoms with Gasteiger partial charge in [-0.2, -0.15) is 11.8 Å². The van der Waals surface area contributed by atoms with Crippen LogP contribution < -0.4 is 5.32 Å². The van der Waals surface area contributed by atoms with Crippen LogP contribution in [0.4, 0.5) is 4.39 Å². The maximum absolute atomic E-state index is 13.0. The minimum atomic E-state index is -0.360. The quantitative estimate of drug-likeness (QED) is 0.813. The first-order valence-corrected chi connectivity index (χ1v) is 7.56. The molecule has 0 atom stereocenters. The number of hydrogen-bond donors (Lipinski definition) is 1. The molecule has 0 aliphatic rings. The third-order valence-electron chi connectivity index (χ3n) is 2.24. The van der Waals surface area contributed by atoms with E-state index >= 15 is 0 Å². The molecule has 0 aliphatic heterocycles. The smallest absolute Gasteiger partial charge is 0.251 e. The monoisotopic (exact) mass is 319 g/mol. The van der Waals surface area contributed by atoms with Crippen molar-refractivity contribution in [2.24, 2.45) is 0 Å². The fraction of sp³-hybridized carbons (Fsp3) is 0.417. The second kappa shape index (κ2) is 7.71. The molecule has 0 saturated heterocycles. The summed E-state index contributed by atoms with van der Waals surface area (Å²) in [6.45, 7) is 0.661. The lowest BCUT2D eigenvalue weighted by Gasteiger charge is -2.05. The molecule has 5 heteroatoms. The number of unbranched alkanes of at least 4 members (excludes halogenated alkanes) is 1. The minimum absolute atomic E-state index is 0.158. The Morgan fingerprint density at radius 1 is 1.47 bits per heavy atom. The lowest BCUT2D eigenvalue weighted by molar-refractivity contribution is 0.0953. The maximum atomic E-state index is 13.0. The fourth-order valence-corrected chi connectivity index (χ4v) is 2.18. The highest BCUT2D eigenvalue weighted by atomic mass is 79.9. The average molecular weight is 320 g/mol. The Bertz CT molecular complexity index is 387. The highest BCUT2D eigenvalue weighted by molar-refractivity contribution is 9.10. The zero-order valence-corrected chi connectivity index (χ0v) is 12.0. The molecule has 2 nitrogen and oxygen atoms in total. The van der Waals surface area contributed by atoms with Gasteiger partial charge >= 0.3 is 0 Å². The topological polar surface area (TPSA) is 29.1 Å². The Morgan fingerprint density at radius 2 is 2.24 bits per heavy atom. The Labute approximate surface area is 113 Å². The predicted molar refractivity (Wildman–Crippen MR) is 74.0 cm³/mol. The summed E-state index contributed by atoms with van der Waals surface area (Å²) >= 11 is 4.86. The van der Waals surface area contributed by atoms with E-state index in [4.69, 9.17) is 0 Å². The fourth-order valence-electron chi connectivity index (χ4n) is 1.31. The molecule has 0 aliphatic carbocycles. The van der Waals surface area contributed by atoms with Crippen LogP contribution in [0.25, 0.3) is 0 Å². The van der Waals surface area contributed by atoms with Crippen LogP contribution in [-0.2, 0) is 0 Å². The molecule has 1 N–H and O–H groups in total. The number of halogens is 2. The van der Waals surface area contributed by atoms with Gasteiger partial charge in [0.05, 0.1) is 4.47 Å². The van der Waals surface area contributed by atoms with Crippen LogP contribution >= 0.6 is 27.7 Å². The molecule has 1 amide bonds. The van der Waals surface area contributed by atoms with Gasteiger partial charge in [-0.05, 0) is 59.0 Å². The summed E-state index contributed by atoms with van der Waals surface area (Å²) in [6, 6.07) is 4.26. The van der Waals surface area contributed by atoms with Gasteiger partial charge in [0.1, 0.15) is 5.82 Å². The minimum Gasteiger partial charge on any atom is -0.352 e. The Hall–Kier alpha value is -0.550. The number of benzene rings is 1. The van der Waals surface area contributed by atoms with Gasteiger partial charge in [-0.3, -0.25) is 4.79 Å². The van der Waals surface area contributed by atoms with Crippen molar-refractivity contribution < 1.29 is 9.18 Å². The maximum Gasteiger partial charge on any atom is 0.251 e. The van der Waals surface area contributed by atoms with E-state index in [-0.39, 0.29) is 11.7 Å². The lowest BCUT2D eigenvalue weighted by atomic mass is 10.2. The van der Waals surface area contributed by atoms with Crippen LogP contribution in [0, 0.1) is 5.82 Å². The number of carbonyl (C=O) groups is 1. The molecule has 0 aromatic heterocycles. The molecule has 1 aromatic rings. The van der Waals surface area contributed by atoms with Gasteiger partial charge in [0.2, 0.25) is 0 Å². The van der Waals surface area contributed by atoms with Crippen LogP contribution in [0.1, 0.15) is 23.2 Å². The van der Waals surface area contributed by atoms with E-state index in [0.717, 1.165) is 18.6 Å². The number of nitrogens with one attached hydrogen (secondary N) is 1. The first-order chi connectivity index (χ1) is 8.15. The second-order valence-corrected chi connectivity index (χ2v) is 5.42. The third kappa shape index (κ3) is 5.08. The average Bonchev–Trinajstić information content (AvgIpc) is 2.32. The molecular weight excluding hydrogens is 305 g/mol. The summed E-state index contributed by atoms with van der Waals surface area (Å²) in [6.07, 6.45) is 4.12. The summed E-state index contributed by atoms with van der Waals surface area (Å²) < 4.78 is 13.3. The van der Waals surface area contributed by atoms with Crippen molar-refractivity contribution in [2.45, 2.75) is 12.8 Å². The number of thioether (sulfide) groups is 1. The summed E-state index contributed by atoms with van der Waals surface area (Å²) in [5, 5.41) is 2.81. The SMILES string of the molecule is CSCCCCNC(=O)c1ccc(F)c(Br)c1. The van der Waals surface area contributed by atoms with E-state index < -0.39 is 0 Å². The standard InChI is InChI=1S/C12H15BrFNOS/c1-17-7-3-2-6-15-12(16)9-4-5-11(14)10(13)8-9/h4-5,8H,2-3,6-7H2,1H3,(H,15,16). The number of rotatable bonds is 6. The van der Waals surface area contributed by atoms with Crippen molar-refractivity contribution in [1.29, 1.82) is 0 Å². The van der Waals surface area contributed by atoms with Gasteiger partial charge in [-0.25, -0.2) is 4.39 Å². The van der Waals surface area contributed by atoms with Gasteiger partial charge in [0.15, 0.2) is 0 Å². The molecule has 0 heterocycles. The van der Waals surface area contributed by atoms with Crippen molar-refractivity contribution in [3.05, 3.63) is 34.1 Å². The van der Waals surface area contributed by atoms with Crippen molar-refractivity contribution in [3.8, 4) is 0 Å². The number of carbonyl (C=O) groups excluding carboxylic acids is 1. The van der Waals surface area contributed by atoms with Crippen LogP contribution in [0.3, 0.4) is 0 Å². The molecule has 0 radical (unpaired) electrons. The van der Waals surface area contributed by atoms with Gasteiger partial charge in [0, 0.05) is 12.1 Å². The normalized spacial score (nSPS) is 10.3. The van der Waals surface area contributed by atoms with E-state index in [0.29, 0.717) is 16.6 Å². The largest absolute Gasteiger partial charge is 0.352 e. The zero-order chi connectivity index (χ0) is 12.7. The molecule has 0 saturated carbocycles. The van der Waals surface area contributed by atoms with Crippen LogP contribution in [0.2, 0.25) is 0 Å². The van der Waals surface area contributed by atoms with Crippen molar-refractivity contribution >= 4 is 33.6 Å². The predicted octanol–water partition coefficient (Wildman–Crippen LogP) is 3.46. The molecule has 1 rings (SSSR count). The van der Waals surface area contributed by atoms with Crippen molar-refractivity contribution in [3.63, 3.8) is 0 Å². The first kappa shape index (κ1) is 14.5. The molecular formula is C12H15BrFNOS. The lowest BCUT2D eigenvalue weighted by Crippen LogP contribution is -2.24. The van der Waals surface area contributed by atoms with Gasteiger partial charge in [-0.15, -0.1) is 0 Å². The van der Waals surface area contributed by atoms with Crippen LogP contribution in [0.5, 0.6) is 0 Å². The van der Waals surface area contributed by atoms with E-state index in [1.165, 1.54) is 18.2 Å². The number of hydrogen-bond acceptors (Lipinski definition) is 2. The van der Waals surface area contributed by atoms with Crippen LogP contribution in [-0.4, -0.2) is 24.5 Å². The Morgan fingerprint density at radius 3 is 2.88 bits per heavy atom. The second-order valence-electron chi connectivity index (χ2n) is 3.58. The summed E-state index contributed by atoms with van der Waals surface area (Å²) in [4.78, 5) is 11.7. The summed E-state index contributed by atoms with van der Waals surface area (Å²) in [7, 11) is 0. The van der Waals surface area contributed by atoms with Crippen LogP contribution in [0.15, 0.2) is 22.7 Å². The van der Waals surface area contributed by atoms with Crippen molar-refractivity contribution in [2.75, 3.05) is 18.6 Å². The molecule has 17 heavy (non-hydrogen) atoms. The van der Waals surface area contributed by atoms with Gasteiger partial charge < -0.3 is 5.32 Å². The molecule has 0 unspecified atom stereocenters. The molecule has 0 fully saturated rings. The molecule has 1 aromatic carbocycles. The van der Waals surface area contributed by atoms with Gasteiger partial charge in [0.25, 0.3) is 5.91 Å². The highest BCUT2D eigenvalue weighted by Crippen LogP contribution is 2.16. The van der Waals surface area contributed by atoms with E-state index in [1.54, 1.807) is 11.8 Å². The third-order valence-corrected chi connectivity index (χ3v) is 3.55.